The lowest BCUT2D eigenvalue weighted by Gasteiger charge is -2.35. The van der Waals surface area contributed by atoms with Gasteiger partial charge in [-0.3, -0.25) is 15.3 Å². The summed E-state index contributed by atoms with van der Waals surface area (Å²) in [7, 11) is -3.17. The summed E-state index contributed by atoms with van der Waals surface area (Å²) in [5, 5.41) is 12.5. The zero-order valence-electron chi connectivity index (χ0n) is 14.9. The van der Waals surface area contributed by atoms with Gasteiger partial charge in [0.25, 0.3) is 5.91 Å². The average Bonchev–Trinajstić information content (AvgIpc) is 2.67. The van der Waals surface area contributed by atoms with Crippen LogP contribution in [0.1, 0.15) is 18.4 Å². The van der Waals surface area contributed by atoms with Gasteiger partial charge in [-0.05, 0) is 42.2 Å². The van der Waals surface area contributed by atoms with Crippen molar-refractivity contribution in [2.45, 2.75) is 24.9 Å². The van der Waals surface area contributed by atoms with Crippen LogP contribution in [0.15, 0.2) is 42.5 Å². The third-order valence-electron chi connectivity index (χ3n) is 5.04. The van der Waals surface area contributed by atoms with Crippen LogP contribution in [0, 0.1) is 5.82 Å². The molecule has 1 heterocycles. The molecule has 0 unspecified atom stereocenters. The largest absolute Gasteiger partial charge is 0.299 e. The highest BCUT2D eigenvalue weighted by Gasteiger charge is 2.43. The van der Waals surface area contributed by atoms with E-state index in [9.17, 15) is 17.6 Å². The van der Waals surface area contributed by atoms with E-state index >= 15 is 0 Å². The minimum absolute atomic E-state index is 0.0792. The molecule has 1 aliphatic rings. The summed E-state index contributed by atoms with van der Waals surface area (Å²) in [6, 6.07) is 11.6. The lowest BCUT2D eigenvalue weighted by molar-refractivity contribution is -0.136. The molecule has 0 aromatic heterocycles. The van der Waals surface area contributed by atoms with E-state index in [0.717, 1.165) is 5.56 Å². The highest BCUT2D eigenvalue weighted by atomic mass is 35.5. The van der Waals surface area contributed by atoms with Crippen LogP contribution in [0.3, 0.4) is 0 Å². The molecule has 0 spiro atoms. The van der Waals surface area contributed by atoms with Crippen molar-refractivity contribution in [1.82, 2.24) is 10.8 Å². The van der Waals surface area contributed by atoms with E-state index in [1.54, 1.807) is 41.9 Å². The van der Waals surface area contributed by atoms with Gasteiger partial charge in [-0.2, -0.15) is 0 Å². The molecule has 3 rings (SSSR count). The number of carbonyl (C=O) groups excluding carboxylic acids is 1. The molecule has 150 valence electrons. The third-order valence-corrected chi connectivity index (χ3v) is 6.93. The van der Waals surface area contributed by atoms with Gasteiger partial charge in [-0.1, -0.05) is 35.9 Å². The number of halogens is 2. The van der Waals surface area contributed by atoms with Gasteiger partial charge in [0, 0.05) is 17.1 Å². The summed E-state index contributed by atoms with van der Waals surface area (Å²) < 4.78 is 37.4. The molecule has 1 amide bonds. The number of sulfone groups is 1. The summed E-state index contributed by atoms with van der Waals surface area (Å²) >= 11 is 5.78. The maximum Gasteiger partial charge on any atom is 0.263 e. The Kier molecular flexibility index (Phi) is 6.04. The monoisotopic (exact) mass is 426 g/mol. The van der Waals surface area contributed by atoms with E-state index in [2.05, 4.69) is 5.32 Å². The fourth-order valence-electron chi connectivity index (χ4n) is 3.27. The Balaban J connectivity index is 1.73. The molecule has 6 nitrogen and oxygen atoms in total. The second-order valence-electron chi connectivity index (χ2n) is 6.85. The maximum absolute atomic E-state index is 14.1. The number of carbonyl (C=O) groups is 1. The molecule has 28 heavy (non-hydrogen) atoms. The normalized spacial score (nSPS) is 17.8. The first-order valence-corrected chi connectivity index (χ1v) is 10.9. The number of hydrogen-bond acceptors (Lipinski definition) is 5. The molecule has 0 aliphatic carbocycles. The highest BCUT2D eigenvalue weighted by molar-refractivity contribution is 7.91. The number of nitrogens with one attached hydrogen (secondary N) is 2. The fraction of sp³-hybridized carbons (Fsp3) is 0.316. The predicted molar refractivity (Wildman–Crippen MR) is 104 cm³/mol. The van der Waals surface area contributed by atoms with E-state index in [0.29, 0.717) is 16.1 Å². The summed E-state index contributed by atoms with van der Waals surface area (Å²) in [6.07, 6.45) is 0.158. The first-order valence-electron chi connectivity index (χ1n) is 8.69. The van der Waals surface area contributed by atoms with E-state index in [1.807, 2.05) is 0 Å². The van der Waals surface area contributed by atoms with Gasteiger partial charge in [-0.25, -0.2) is 18.3 Å². The van der Waals surface area contributed by atoms with Crippen LogP contribution in [-0.4, -0.2) is 36.6 Å². The van der Waals surface area contributed by atoms with Crippen molar-refractivity contribution in [2.75, 3.05) is 11.5 Å². The van der Waals surface area contributed by atoms with Crippen LogP contribution in [0.5, 0.6) is 0 Å². The third kappa shape index (κ3) is 4.52. The highest BCUT2D eigenvalue weighted by Crippen LogP contribution is 2.27. The van der Waals surface area contributed by atoms with Crippen molar-refractivity contribution < 1.29 is 22.8 Å². The Morgan fingerprint density at radius 1 is 1.14 bits per heavy atom. The smallest absolute Gasteiger partial charge is 0.263 e. The van der Waals surface area contributed by atoms with Gasteiger partial charge >= 0.3 is 0 Å². The summed E-state index contributed by atoms with van der Waals surface area (Å²) in [4.78, 5) is 12.2. The molecular weight excluding hydrogens is 407 g/mol. The SMILES string of the molecule is O=C(NO)C1(NCc2ccc(-c3ccc(Cl)cc3F)cc2)CCS(=O)(=O)CC1. The van der Waals surface area contributed by atoms with Crippen molar-refractivity contribution >= 4 is 27.3 Å². The van der Waals surface area contributed by atoms with E-state index in [-0.39, 0.29) is 30.9 Å². The number of hydroxylamine groups is 1. The van der Waals surface area contributed by atoms with E-state index < -0.39 is 27.1 Å². The maximum atomic E-state index is 14.1. The Hall–Kier alpha value is -2.00. The van der Waals surface area contributed by atoms with Crippen molar-refractivity contribution in [3.63, 3.8) is 0 Å². The molecule has 9 heteroatoms. The molecule has 1 fully saturated rings. The number of benzene rings is 2. The minimum Gasteiger partial charge on any atom is -0.299 e. The number of hydrogen-bond donors (Lipinski definition) is 3. The minimum atomic E-state index is -3.17. The molecule has 1 saturated heterocycles. The van der Waals surface area contributed by atoms with E-state index in [4.69, 9.17) is 16.8 Å². The lowest BCUT2D eigenvalue weighted by atomic mass is 9.91. The Morgan fingerprint density at radius 3 is 2.36 bits per heavy atom. The average molecular weight is 427 g/mol. The van der Waals surface area contributed by atoms with Crippen LogP contribution < -0.4 is 10.8 Å². The van der Waals surface area contributed by atoms with Crippen LogP contribution in [0.25, 0.3) is 11.1 Å². The summed E-state index contributed by atoms with van der Waals surface area (Å²) in [5.74, 6) is -1.31. The molecular formula is C19H20ClFN2O4S. The molecule has 1 aliphatic heterocycles. The van der Waals surface area contributed by atoms with Crippen molar-refractivity contribution in [3.05, 3.63) is 58.9 Å². The molecule has 0 saturated carbocycles. The molecule has 3 N–H and O–H groups in total. The Bertz CT molecular complexity index is 966. The van der Waals surface area contributed by atoms with Gasteiger partial charge in [-0.15, -0.1) is 0 Å². The lowest BCUT2D eigenvalue weighted by Crippen LogP contribution is -2.59. The first-order chi connectivity index (χ1) is 13.2. The van der Waals surface area contributed by atoms with Crippen LogP contribution >= 0.6 is 11.6 Å². The molecule has 0 atom stereocenters. The van der Waals surface area contributed by atoms with Gasteiger partial charge in [0.05, 0.1) is 11.5 Å². The second kappa shape index (κ2) is 8.16. The van der Waals surface area contributed by atoms with Crippen molar-refractivity contribution in [2.24, 2.45) is 0 Å². The first kappa shape index (κ1) is 20.7. The van der Waals surface area contributed by atoms with Gasteiger partial charge in [0.2, 0.25) is 0 Å². The predicted octanol–water partition coefficient (Wildman–Crippen LogP) is 2.69. The molecule has 2 aromatic rings. The summed E-state index contributed by atoms with van der Waals surface area (Å²) in [6.45, 7) is 0.289. The van der Waals surface area contributed by atoms with Crippen LogP contribution in [0.2, 0.25) is 5.02 Å². The molecule has 0 radical (unpaired) electrons. The standard InChI is InChI=1S/C19H20ClFN2O4S/c20-15-5-6-16(17(21)11-15)14-3-1-13(2-4-14)12-22-19(18(24)23-25)7-9-28(26,27)10-8-19/h1-6,11,22,25H,7-10,12H2,(H,23,24). The number of amides is 1. The van der Waals surface area contributed by atoms with Gasteiger partial charge < -0.3 is 0 Å². The van der Waals surface area contributed by atoms with Crippen LogP contribution in [-0.2, 0) is 21.2 Å². The fourth-order valence-corrected chi connectivity index (χ4v) is 4.96. The van der Waals surface area contributed by atoms with Gasteiger partial charge in [0.15, 0.2) is 0 Å². The zero-order chi connectivity index (χ0) is 20.4. The Labute approximate surface area is 167 Å². The van der Waals surface area contributed by atoms with Gasteiger partial charge in [0.1, 0.15) is 21.2 Å². The van der Waals surface area contributed by atoms with Crippen LogP contribution in [0.4, 0.5) is 4.39 Å². The van der Waals surface area contributed by atoms with Crippen molar-refractivity contribution in [1.29, 1.82) is 0 Å². The quantitative estimate of drug-likeness (QED) is 0.504. The molecule has 2 aromatic carbocycles. The summed E-state index contributed by atoms with van der Waals surface area (Å²) in [5.41, 5.74) is 2.42. The molecule has 0 bridgehead atoms. The topological polar surface area (TPSA) is 95.5 Å². The van der Waals surface area contributed by atoms with E-state index in [1.165, 1.54) is 6.07 Å². The van der Waals surface area contributed by atoms with Crippen molar-refractivity contribution in [3.8, 4) is 11.1 Å². The Morgan fingerprint density at radius 2 is 1.79 bits per heavy atom. The second-order valence-corrected chi connectivity index (χ2v) is 9.59. The number of rotatable bonds is 5. The zero-order valence-corrected chi connectivity index (χ0v) is 16.5.